The second-order valence-corrected chi connectivity index (χ2v) is 24.1. The Hall–Kier alpha value is -4.88. The van der Waals surface area contributed by atoms with Crippen molar-refractivity contribution in [2.24, 2.45) is 0 Å². The van der Waals surface area contributed by atoms with Crippen molar-refractivity contribution in [2.45, 2.75) is 251 Å². The minimum atomic E-state index is 0.0304. The van der Waals surface area contributed by atoms with Crippen molar-refractivity contribution in [1.29, 1.82) is 0 Å². The fourth-order valence-electron chi connectivity index (χ4n) is 13.9. The summed E-state index contributed by atoms with van der Waals surface area (Å²) < 4.78 is 0. The van der Waals surface area contributed by atoms with Gasteiger partial charge in [-0.05, 0) is 149 Å². The molecule has 8 rings (SSSR count). The molecular formula is C75H101N. The first-order valence-corrected chi connectivity index (χ1v) is 31.8. The minimum Gasteiger partial charge on any atom is -0.310 e. The number of hydrogen-bond donors (Lipinski definition) is 0. The molecule has 0 amide bonds. The first kappa shape index (κ1) is 57.3. The first-order valence-electron chi connectivity index (χ1n) is 31.8. The molecule has 0 aromatic heterocycles. The van der Waals surface area contributed by atoms with Crippen LogP contribution in [-0.4, -0.2) is 0 Å². The predicted molar refractivity (Wildman–Crippen MR) is 334 cm³/mol. The molecule has 0 bridgehead atoms. The van der Waals surface area contributed by atoms with Gasteiger partial charge in [-0.1, -0.05) is 286 Å². The molecule has 0 N–H and O–H groups in total. The van der Waals surface area contributed by atoms with Gasteiger partial charge in [-0.2, -0.15) is 0 Å². The van der Waals surface area contributed by atoms with Crippen LogP contribution in [0.4, 0.5) is 17.1 Å². The first-order chi connectivity index (χ1) is 37.3. The monoisotopic (exact) mass is 1020 g/mol. The molecule has 0 spiro atoms. The van der Waals surface area contributed by atoms with Crippen LogP contribution >= 0.6 is 0 Å². The van der Waals surface area contributed by atoms with Crippen molar-refractivity contribution < 1.29 is 0 Å². The summed E-state index contributed by atoms with van der Waals surface area (Å²) >= 11 is 0. The molecule has 1 nitrogen and oxygen atoms in total. The lowest BCUT2D eigenvalue weighted by atomic mass is 9.69. The molecule has 0 saturated heterocycles. The summed E-state index contributed by atoms with van der Waals surface area (Å²) in [5.74, 6) is 0.564. The summed E-state index contributed by atoms with van der Waals surface area (Å²) in [6, 6.07) is 51.2. The molecule has 0 fully saturated rings. The standard InChI is InChI=1S/C75H101N/c1-8-13-17-21-25-31-51-74(52-32-26-22-18-14-9-2)70-36-30-29-35-66(70)69-50-47-65(57-73(69)74)76(63-43-37-58(6)38-44-63)64-45-39-60(40-46-64)62-42-49-68-67-48-41-61(59(7)12-5)55-71(67)75(72(68)56-62,53-33-27-23-19-15-10-3)54-34-28-24-20-16-11-4/h29-30,35-50,55-57,59H,8-28,31-34,51-54H2,1-7H3. The average Bonchev–Trinajstić information content (AvgIpc) is 3.93. The Morgan fingerprint density at radius 3 is 1.24 bits per heavy atom. The van der Waals surface area contributed by atoms with E-state index in [2.05, 4.69) is 181 Å². The molecule has 1 unspecified atom stereocenters. The van der Waals surface area contributed by atoms with E-state index in [9.17, 15) is 0 Å². The van der Waals surface area contributed by atoms with Crippen LogP contribution in [0.15, 0.2) is 127 Å². The van der Waals surface area contributed by atoms with Gasteiger partial charge in [-0.25, -0.2) is 0 Å². The van der Waals surface area contributed by atoms with E-state index in [0.717, 1.165) is 0 Å². The molecule has 0 radical (unpaired) electrons. The topological polar surface area (TPSA) is 3.24 Å². The maximum Gasteiger partial charge on any atom is 0.0465 e. The highest BCUT2D eigenvalue weighted by Gasteiger charge is 2.44. The minimum absolute atomic E-state index is 0.0304. The number of hydrogen-bond acceptors (Lipinski definition) is 1. The molecule has 1 atom stereocenters. The van der Waals surface area contributed by atoms with E-state index in [1.807, 2.05) is 0 Å². The number of rotatable bonds is 34. The van der Waals surface area contributed by atoms with Gasteiger partial charge in [0.15, 0.2) is 0 Å². The highest BCUT2D eigenvalue weighted by molar-refractivity contribution is 5.87. The Morgan fingerprint density at radius 2 is 0.724 bits per heavy atom. The lowest BCUT2D eigenvalue weighted by Gasteiger charge is -2.34. The largest absolute Gasteiger partial charge is 0.310 e. The number of unbranched alkanes of at least 4 members (excludes halogenated alkanes) is 20. The van der Waals surface area contributed by atoms with Crippen LogP contribution in [0.5, 0.6) is 0 Å². The molecule has 1 heteroatoms. The molecule has 6 aromatic rings. The maximum atomic E-state index is 2.68. The lowest BCUT2D eigenvalue weighted by molar-refractivity contribution is 0.397. The summed E-state index contributed by atoms with van der Waals surface area (Å²) in [5.41, 5.74) is 21.5. The van der Waals surface area contributed by atoms with E-state index in [0.29, 0.717) is 5.92 Å². The van der Waals surface area contributed by atoms with Gasteiger partial charge in [0.1, 0.15) is 0 Å². The van der Waals surface area contributed by atoms with Gasteiger partial charge in [-0.15, -0.1) is 0 Å². The fourth-order valence-corrected chi connectivity index (χ4v) is 13.9. The van der Waals surface area contributed by atoms with Crippen LogP contribution < -0.4 is 4.90 Å². The Morgan fingerprint density at radius 1 is 0.342 bits per heavy atom. The van der Waals surface area contributed by atoms with Crippen LogP contribution in [0.3, 0.4) is 0 Å². The van der Waals surface area contributed by atoms with Crippen LogP contribution in [0.1, 0.15) is 267 Å². The van der Waals surface area contributed by atoms with Crippen molar-refractivity contribution in [3.05, 3.63) is 161 Å². The van der Waals surface area contributed by atoms with Gasteiger partial charge >= 0.3 is 0 Å². The van der Waals surface area contributed by atoms with Crippen molar-refractivity contribution in [3.63, 3.8) is 0 Å². The van der Waals surface area contributed by atoms with Gasteiger partial charge in [0.05, 0.1) is 0 Å². The number of fused-ring (bicyclic) bond motifs is 6. The summed E-state index contributed by atoms with van der Waals surface area (Å²) in [4.78, 5) is 2.55. The number of benzene rings is 6. The van der Waals surface area contributed by atoms with Crippen LogP contribution in [0.25, 0.3) is 33.4 Å². The van der Waals surface area contributed by atoms with E-state index in [4.69, 9.17) is 0 Å². The van der Waals surface area contributed by atoms with E-state index < -0.39 is 0 Å². The third kappa shape index (κ3) is 13.3. The molecule has 0 heterocycles. The third-order valence-electron chi connectivity index (χ3n) is 18.7. The smallest absolute Gasteiger partial charge is 0.0465 e. The van der Waals surface area contributed by atoms with Crippen molar-refractivity contribution >= 4 is 17.1 Å². The van der Waals surface area contributed by atoms with Crippen molar-refractivity contribution in [1.82, 2.24) is 0 Å². The zero-order valence-corrected chi connectivity index (χ0v) is 49.2. The highest BCUT2D eigenvalue weighted by atomic mass is 15.1. The van der Waals surface area contributed by atoms with E-state index in [-0.39, 0.29) is 10.8 Å². The second-order valence-electron chi connectivity index (χ2n) is 24.1. The lowest BCUT2D eigenvalue weighted by Crippen LogP contribution is -2.26. The Bertz CT molecular complexity index is 2650. The average molecular weight is 1020 g/mol. The summed E-state index contributed by atoms with van der Waals surface area (Å²) in [7, 11) is 0. The SMILES string of the molecule is CCCCCCCCC1(CCCCCCCC)c2cc(-c3ccc(N(c4ccc(C)cc4)c4ccc5c(c4)C(CCCCCCCC)(CCCCCCCC)c4ccccc4-5)cc3)ccc2-c2ccc(C(C)CC)cc21. The fraction of sp³-hybridized carbons (Fsp3) is 0.520. The Kier molecular flexibility index (Phi) is 21.6. The van der Waals surface area contributed by atoms with E-state index in [1.165, 1.54) is 248 Å². The third-order valence-corrected chi connectivity index (χ3v) is 18.7. The number of aryl methyl sites for hydroxylation is 1. The van der Waals surface area contributed by atoms with E-state index >= 15 is 0 Å². The Balaban J connectivity index is 1.17. The molecule has 0 saturated carbocycles. The summed E-state index contributed by atoms with van der Waals surface area (Å²) in [5, 5.41) is 0. The molecule has 76 heavy (non-hydrogen) atoms. The zero-order valence-electron chi connectivity index (χ0n) is 49.2. The quantitative estimate of drug-likeness (QED) is 0.0364. The predicted octanol–water partition coefficient (Wildman–Crippen LogP) is 24.2. The molecule has 2 aliphatic rings. The molecule has 6 aromatic carbocycles. The highest BCUT2D eigenvalue weighted by Crippen LogP contribution is 2.57. The summed E-state index contributed by atoms with van der Waals surface area (Å²) in [6.45, 7) is 16.4. The van der Waals surface area contributed by atoms with Gasteiger partial charge in [0, 0.05) is 27.9 Å². The molecular weight excluding hydrogens is 915 g/mol. The van der Waals surface area contributed by atoms with Crippen molar-refractivity contribution in [3.8, 4) is 33.4 Å². The molecule has 0 aliphatic heterocycles. The van der Waals surface area contributed by atoms with Crippen LogP contribution in [-0.2, 0) is 10.8 Å². The van der Waals surface area contributed by atoms with Gasteiger partial charge in [0.2, 0.25) is 0 Å². The Labute approximate surface area is 465 Å². The van der Waals surface area contributed by atoms with Crippen molar-refractivity contribution in [2.75, 3.05) is 4.90 Å². The van der Waals surface area contributed by atoms with E-state index in [1.54, 1.807) is 22.3 Å². The van der Waals surface area contributed by atoms with Gasteiger partial charge < -0.3 is 4.90 Å². The molecule has 406 valence electrons. The zero-order chi connectivity index (χ0) is 53.2. The maximum absolute atomic E-state index is 2.68. The number of nitrogens with zero attached hydrogens (tertiary/aromatic N) is 1. The second kappa shape index (κ2) is 28.7. The molecule has 2 aliphatic carbocycles. The van der Waals surface area contributed by atoms with Gasteiger partial charge in [-0.3, -0.25) is 0 Å². The normalized spacial score (nSPS) is 14.1. The van der Waals surface area contributed by atoms with Crippen LogP contribution in [0.2, 0.25) is 0 Å². The van der Waals surface area contributed by atoms with Gasteiger partial charge in [0.25, 0.3) is 0 Å². The van der Waals surface area contributed by atoms with Crippen LogP contribution in [0, 0.1) is 6.92 Å². The number of anilines is 3. The summed E-state index contributed by atoms with van der Waals surface area (Å²) in [6.07, 6.45) is 38.1.